The average molecular weight is 267 g/mol. The van der Waals surface area contributed by atoms with E-state index in [1.807, 2.05) is 0 Å². The summed E-state index contributed by atoms with van der Waals surface area (Å²) in [7, 11) is 0. The summed E-state index contributed by atoms with van der Waals surface area (Å²) in [6, 6.07) is 3.71. The van der Waals surface area contributed by atoms with E-state index >= 15 is 0 Å². The number of nitrogens with two attached hydrogens (primary N) is 1. The van der Waals surface area contributed by atoms with Gasteiger partial charge in [-0.2, -0.15) is 0 Å². The summed E-state index contributed by atoms with van der Waals surface area (Å²) < 4.78 is 19.5. The van der Waals surface area contributed by atoms with Crippen LogP contribution in [0, 0.1) is 11.7 Å². The molecule has 0 aromatic heterocycles. The largest absolute Gasteiger partial charge is 0.487 e. The third-order valence-corrected chi connectivity index (χ3v) is 3.60. The van der Waals surface area contributed by atoms with Gasteiger partial charge in [0, 0.05) is 5.92 Å². The van der Waals surface area contributed by atoms with Crippen LogP contribution in [-0.2, 0) is 0 Å². The molecule has 19 heavy (non-hydrogen) atoms. The summed E-state index contributed by atoms with van der Waals surface area (Å²) in [6.45, 7) is 0.527. The number of rotatable bonds is 4. The van der Waals surface area contributed by atoms with Gasteiger partial charge < -0.3 is 15.6 Å². The Bertz CT molecular complexity index is 464. The molecule has 1 aromatic rings. The molecule has 0 spiro atoms. The van der Waals surface area contributed by atoms with Gasteiger partial charge in [0.25, 0.3) is 0 Å². The maximum Gasteiger partial charge on any atom is 0.335 e. The number of carbonyl (C=O) groups is 1. The molecule has 2 unspecified atom stereocenters. The highest BCUT2D eigenvalue weighted by molar-refractivity contribution is 5.87. The number of aromatic carboxylic acids is 1. The zero-order chi connectivity index (χ0) is 13.8. The van der Waals surface area contributed by atoms with Crippen LogP contribution in [0.5, 0.6) is 5.75 Å². The first kappa shape index (κ1) is 13.8. The van der Waals surface area contributed by atoms with Crippen LogP contribution in [-0.4, -0.2) is 23.7 Å². The number of carboxylic acids is 1. The van der Waals surface area contributed by atoms with E-state index in [1.165, 1.54) is 12.1 Å². The van der Waals surface area contributed by atoms with Crippen LogP contribution in [0.25, 0.3) is 0 Å². The molecule has 0 radical (unpaired) electrons. The predicted molar refractivity (Wildman–Crippen MR) is 68.8 cm³/mol. The summed E-state index contributed by atoms with van der Waals surface area (Å²) in [5.74, 6) is -1.44. The second kappa shape index (κ2) is 6.02. The van der Waals surface area contributed by atoms with Crippen molar-refractivity contribution in [2.45, 2.75) is 31.8 Å². The van der Waals surface area contributed by atoms with E-state index in [1.54, 1.807) is 0 Å². The van der Waals surface area contributed by atoms with Crippen LogP contribution in [0.15, 0.2) is 18.2 Å². The van der Waals surface area contributed by atoms with Gasteiger partial charge in [-0.3, -0.25) is 0 Å². The van der Waals surface area contributed by atoms with E-state index in [9.17, 15) is 9.18 Å². The third-order valence-electron chi connectivity index (χ3n) is 3.60. The van der Waals surface area contributed by atoms with E-state index in [4.69, 9.17) is 15.6 Å². The van der Waals surface area contributed by atoms with Gasteiger partial charge in [0.05, 0.1) is 5.56 Å². The van der Waals surface area contributed by atoms with Crippen LogP contribution in [0.3, 0.4) is 0 Å². The van der Waals surface area contributed by atoms with Crippen molar-refractivity contribution in [3.8, 4) is 5.75 Å². The lowest BCUT2D eigenvalue weighted by molar-refractivity contribution is 0.0695. The highest BCUT2D eigenvalue weighted by Crippen LogP contribution is 2.29. The van der Waals surface area contributed by atoms with Crippen molar-refractivity contribution in [2.75, 3.05) is 6.54 Å². The van der Waals surface area contributed by atoms with Gasteiger partial charge in [-0.25, -0.2) is 9.18 Å². The first-order valence-corrected chi connectivity index (χ1v) is 6.51. The molecule has 0 bridgehead atoms. The Morgan fingerprint density at radius 2 is 2.16 bits per heavy atom. The molecule has 0 saturated heterocycles. The van der Waals surface area contributed by atoms with Crippen LogP contribution < -0.4 is 10.5 Å². The molecule has 0 amide bonds. The molecule has 1 aliphatic carbocycles. The third kappa shape index (κ3) is 3.23. The van der Waals surface area contributed by atoms with E-state index in [0.29, 0.717) is 6.54 Å². The van der Waals surface area contributed by atoms with Crippen LogP contribution in [0.1, 0.15) is 36.0 Å². The minimum Gasteiger partial charge on any atom is -0.487 e. The fourth-order valence-corrected chi connectivity index (χ4v) is 2.49. The Morgan fingerprint density at radius 3 is 2.79 bits per heavy atom. The molecule has 4 nitrogen and oxygen atoms in total. The van der Waals surface area contributed by atoms with Gasteiger partial charge in [-0.05, 0) is 44.0 Å². The molecule has 1 saturated carbocycles. The van der Waals surface area contributed by atoms with E-state index in [-0.39, 0.29) is 23.3 Å². The van der Waals surface area contributed by atoms with Crippen molar-refractivity contribution in [1.82, 2.24) is 0 Å². The topological polar surface area (TPSA) is 72.5 Å². The quantitative estimate of drug-likeness (QED) is 0.878. The highest BCUT2D eigenvalue weighted by Gasteiger charge is 2.26. The van der Waals surface area contributed by atoms with Crippen LogP contribution in [0.4, 0.5) is 4.39 Å². The van der Waals surface area contributed by atoms with E-state index < -0.39 is 11.8 Å². The molecule has 3 N–H and O–H groups in total. The van der Waals surface area contributed by atoms with Crippen molar-refractivity contribution in [3.63, 3.8) is 0 Å². The second-order valence-corrected chi connectivity index (χ2v) is 4.89. The number of benzene rings is 1. The molecule has 0 heterocycles. The van der Waals surface area contributed by atoms with Crippen LogP contribution in [0.2, 0.25) is 0 Å². The van der Waals surface area contributed by atoms with Crippen molar-refractivity contribution in [1.29, 1.82) is 0 Å². The Labute approximate surface area is 111 Å². The smallest absolute Gasteiger partial charge is 0.335 e. The summed E-state index contributed by atoms with van der Waals surface area (Å²) in [5.41, 5.74) is 5.62. The molecular weight excluding hydrogens is 249 g/mol. The first-order chi connectivity index (χ1) is 9.11. The fourth-order valence-electron chi connectivity index (χ4n) is 2.49. The standard InChI is InChI=1S/C14H18FNO3/c15-11-7-9(14(17)18)5-6-13(11)19-12-4-2-1-3-10(12)8-16/h5-7,10,12H,1-4,8,16H2,(H,17,18). The van der Waals surface area contributed by atoms with Crippen molar-refractivity contribution in [2.24, 2.45) is 11.7 Å². The Balaban J connectivity index is 2.11. The number of ether oxygens (including phenoxy) is 1. The molecule has 2 atom stereocenters. The second-order valence-electron chi connectivity index (χ2n) is 4.89. The van der Waals surface area contributed by atoms with Gasteiger partial charge in [-0.15, -0.1) is 0 Å². The molecule has 1 aliphatic rings. The van der Waals surface area contributed by atoms with Gasteiger partial charge >= 0.3 is 5.97 Å². The lowest BCUT2D eigenvalue weighted by Crippen LogP contribution is -2.35. The summed E-state index contributed by atoms with van der Waals surface area (Å²) in [4.78, 5) is 10.7. The molecule has 0 aliphatic heterocycles. The number of halogens is 1. The Kier molecular flexibility index (Phi) is 4.37. The van der Waals surface area contributed by atoms with Gasteiger partial charge in [0.15, 0.2) is 11.6 Å². The maximum atomic E-state index is 13.8. The Morgan fingerprint density at radius 1 is 1.42 bits per heavy atom. The average Bonchev–Trinajstić information content (AvgIpc) is 2.41. The lowest BCUT2D eigenvalue weighted by Gasteiger charge is -2.31. The molecule has 104 valence electrons. The van der Waals surface area contributed by atoms with Gasteiger partial charge in [0.1, 0.15) is 6.10 Å². The summed E-state index contributed by atoms with van der Waals surface area (Å²) in [5, 5.41) is 8.78. The zero-order valence-corrected chi connectivity index (χ0v) is 10.6. The van der Waals surface area contributed by atoms with Gasteiger partial charge in [0.2, 0.25) is 0 Å². The fraction of sp³-hybridized carbons (Fsp3) is 0.500. The van der Waals surface area contributed by atoms with E-state index in [0.717, 1.165) is 31.7 Å². The SMILES string of the molecule is NCC1CCCCC1Oc1ccc(C(=O)O)cc1F. The zero-order valence-electron chi connectivity index (χ0n) is 10.6. The lowest BCUT2D eigenvalue weighted by atomic mass is 9.86. The van der Waals surface area contributed by atoms with E-state index in [2.05, 4.69) is 0 Å². The van der Waals surface area contributed by atoms with Gasteiger partial charge in [-0.1, -0.05) is 6.42 Å². The highest BCUT2D eigenvalue weighted by atomic mass is 19.1. The Hall–Kier alpha value is -1.62. The van der Waals surface area contributed by atoms with Crippen molar-refractivity contribution in [3.05, 3.63) is 29.6 Å². The molecule has 5 heteroatoms. The number of hydrogen-bond donors (Lipinski definition) is 2. The molecule has 1 aromatic carbocycles. The minimum atomic E-state index is -1.15. The summed E-state index contributed by atoms with van der Waals surface area (Å²) >= 11 is 0. The predicted octanol–water partition coefficient (Wildman–Crippen LogP) is 2.42. The van der Waals surface area contributed by atoms with Crippen LogP contribution >= 0.6 is 0 Å². The minimum absolute atomic E-state index is 0.0797. The number of carboxylic acid groups (broad SMARTS) is 1. The maximum absolute atomic E-state index is 13.8. The molecular formula is C14H18FNO3. The molecule has 1 fully saturated rings. The normalized spacial score (nSPS) is 23.1. The molecule has 2 rings (SSSR count). The monoisotopic (exact) mass is 267 g/mol. The summed E-state index contributed by atoms with van der Waals surface area (Å²) in [6.07, 6.45) is 3.96. The number of hydrogen-bond acceptors (Lipinski definition) is 3. The van der Waals surface area contributed by atoms with Crippen molar-refractivity contribution >= 4 is 5.97 Å². The van der Waals surface area contributed by atoms with Crippen molar-refractivity contribution < 1.29 is 19.0 Å². The first-order valence-electron chi connectivity index (χ1n) is 6.51.